The highest BCUT2D eigenvalue weighted by Gasteiger charge is 2.26. The topological polar surface area (TPSA) is 64.3 Å². The van der Waals surface area contributed by atoms with Crippen LogP contribution in [0.3, 0.4) is 0 Å². The number of ether oxygens (including phenoxy) is 1. The Labute approximate surface area is 115 Å². The lowest BCUT2D eigenvalue weighted by atomic mass is 10.1. The normalized spacial score (nSPS) is 19.1. The minimum Gasteiger partial charge on any atom is -0.380 e. The number of anilines is 2. The third-order valence-electron chi connectivity index (χ3n) is 3.77. The molecule has 1 saturated heterocycles. The smallest absolute Gasteiger partial charge is 0.222 e. The fourth-order valence-electron chi connectivity index (χ4n) is 2.62. The summed E-state index contributed by atoms with van der Waals surface area (Å²) in [5.74, 6) is 1.38. The zero-order chi connectivity index (χ0) is 13.8. The van der Waals surface area contributed by atoms with Gasteiger partial charge in [-0.1, -0.05) is 13.3 Å². The molecule has 0 spiro atoms. The second-order valence-electron chi connectivity index (χ2n) is 5.17. The molecule has 1 aliphatic heterocycles. The first-order chi connectivity index (χ1) is 9.15. The van der Waals surface area contributed by atoms with E-state index in [0.717, 1.165) is 43.9 Å². The van der Waals surface area contributed by atoms with Crippen molar-refractivity contribution in [2.24, 2.45) is 0 Å². The number of hydrogen-bond donors (Lipinski definition) is 1. The quantitative estimate of drug-likeness (QED) is 0.880. The highest BCUT2D eigenvalue weighted by molar-refractivity contribution is 5.52. The summed E-state index contributed by atoms with van der Waals surface area (Å²) in [4.78, 5) is 11.1. The van der Waals surface area contributed by atoms with E-state index in [4.69, 9.17) is 10.5 Å². The fraction of sp³-hybridized carbons (Fsp3) is 0.714. The third-order valence-corrected chi connectivity index (χ3v) is 3.77. The first-order valence-corrected chi connectivity index (χ1v) is 7.06. The van der Waals surface area contributed by atoms with Crippen LogP contribution in [0.4, 0.5) is 11.8 Å². The van der Waals surface area contributed by atoms with Crippen LogP contribution >= 0.6 is 0 Å². The van der Waals surface area contributed by atoms with Gasteiger partial charge < -0.3 is 15.4 Å². The van der Waals surface area contributed by atoms with Gasteiger partial charge in [-0.25, -0.2) is 4.98 Å². The largest absolute Gasteiger partial charge is 0.380 e. The monoisotopic (exact) mass is 264 g/mol. The van der Waals surface area contributed by atoms with Crippen molar-refractivity contribution in [3.8, 4) is 0 Å². The van der Waals surface area contributed by atoms with E-state index < -0.39 is 0 Å². The number of methoxy groups -OCH3 is 1. The summed E-state index contributed by atoms with van der Waals surface area (Å²) in [5.41, 5.74) is 8.07. The molecule has 0 amide bonds. The van der Waals surface area contributed by atoms with Crippen LogP contribution in [-0.4, -0.2) is 36.3 Å². The van der Waals surface area contributed by atoms with Crippen LogP contribution in [0.1, 0.15) is 37.4 Å². The lowest BCUT2D eigenvalue weighted by Crippen LogP contribution is -2.25. The molecule has 2 rings (SSSR count). The van der Waals surface area contributed by atoms with Gasteiger partial charge in [-0.2, -0.15) is 4.98 Å². The lowest BCUT2D eigenvalue weighted by Gasteiger charge is -2.22. The summed E-state index contributed by atoms with van der Waals surface area (Å²) >= 11 is 0. The Morgan fingerprint density at radius 2 is 2.21 bits per heavy atom. The van der Waals surface area contributed by atoms with Crippen molar-refractivity contribution in [2.45, 2.75) is 45.6 Å². The predicted molar refractivity (Wildman–Crippen MR) is 77.4 cm³/mol. The standard InChI is InChI=1S/C14H24N4O/c1-4-5-6-12-10(2)16-14(15)17-13(12)18-8-7-11(9-18)19-3/h11H,4-9H2,1-3H3,(H2,15,16,17). The van der Waals surface area contributed by atoms with Crippen molar-refractivity contribution in [2.75, 3.05) is 30.8 Å². The second-order valence-corrected chi connectivity index (χ2v) is 5.17. The van der Waals surface area contributed by atoms with Crippen LogP contribution in [0.15, 0.2) is 0 Å². The van der Waals surface area contributed by atoms with Gasteiger partial charge in [-0.05, 0) is 26.2 Å². The summed E-state index contributed by atoms with van der Waals surface area (Å²) in [6.07, 6.45) is 4.70. The summed E-state index contributed by atoms with van der Waals surface area (Å²) in [6.45, 7) is 6.10. The van der Waals surface area contributed by atoms with Crippen molar-refractivity contribution in [1.82, 2.24) is 9.97 Å². The van der Waals surface area contributed by atoms with Crippen molar-refractivity contribution in [3.63, 3.8) is 0 Å². The summed E-state index contributed by atoms with van der Waals surface area (Å²) < 4.78 is 5.43. The fourth-order valence-corrected chi connectivity index (χ4v) is 2.62. The molecule has 1 atom stereocenters. The van der Waals surface area contributed by atoms with E-state index >= 15 is 0 Å². The number of nitrogen functional groups attached to an aromatic ring is 1. The molecule has 1 aromatic heterocycles. The molecule has 5 heteroatoms. The summed E-state index contributed by atoms with van der Waals surface area (Å²) in [6, 6.07) is 0. The Kier molecular flexibility index (Phi) is 4.58. The van der Waals surface area contributed by atoms with Gasteiger partial charge in [-0.15, -0.1) is 0 Å². The van der Waals surface area contributed by atoms with Crippen LogP contribution in [-0.2, 0) is 11.2 Å². The van der Waals surface area contributed by atoms with Gasteiger partial charge in [0.1, 0.15) is 5.82 Å². The number of aryl methyl sites for hydroxylation is 1. The van der Waals surface area contributed by atoms with Gasteiger partial charge in [-0.3, -0.25) is 0 Å². The number of nitrogens with zero attached hydrogens (tertiary/aromatic N) is 3. The van der Waals surface area contributed by atoms with E-state index in [1.165, 1.54) is 12.0 Å². The van der Waals surface area contributed by atoms with Gasteiger partial charge in [0, 0.05) is 31.5 Å². The molecule has 0 aliphatic carbocycles. The summed E-state index contributed by atoms with van der Waals surface area (Å²) in [5, 5.41) is 0. The first kappa shape index (κ1) is 14.1. The van der Waals surface area contributed by atoms with Gasteiger partial charge in [0.25, 0.3) is 0 Å². The maximum absolute atomic E-state index is 5.81. The maximum Gasteiger partial charge on any atom is 0.222 e. The molecule has 0 aromatic carbocycles. The van der Waals surface area contributed by atoms with E-state index in [-0.39, 0.29) is 0 Å². The van der Waals surface area contributed by atoms with E-state index in [0.29, 0.717) is 12.1 Å². The molecule has 1 unspecified atom stereocenters. The first-order valence-electron chi connectivity index (χ1n) is 7.06. The second kappa shape index (κ2) is 6.19. The Hall–Kier alpha value is -1.36. The van der Waals surface area contributed by atoms with Crippen molar-refractivity contribution < 1.29 is 4.74 Å². The summed E-state index contributed by atoms with van der Waals surface area (Å²) in [7, 11) is 1.77. The molecule has 0 radical (unpaired) electrons. The van der Waals surface area contributed by atoms with E-state index in [1.807, 2.05) is 6.92 Å². The van der Waals surface area contributed by atoms with Gasteiger partial charge in [0.2, 0.25) is 5.95 Å². The van der Waals surface area contributed by atoms with Crippen molar-refractivity contribution in [3.05, 3.63) is 11.3 Å². The Balaban J connectivity index is 2.27. The number of unbranched alkanes of at least 4 members (excludes halogenated alkanes) is 1. The Bertz CT molecular complexity index is 436. The number of aromatic nitrogens is 2. The van der Waals surface area contributed by atoms with E-state index in [1.54, 1.807) is 7.11 Å². The van der Waals surface area contributed by atoms with Crippen LogP contribution < -0.4 is 10.6 Å². The SMILES string of the molecule is CCCCc1c(C)nc(N)nc1N1CCC(OC)C1. The minimum atomic E-state index is 0.301. The molecule has 106 valence electrons. The molecule has 2 N–H and O–H groups in total. The molecule has 5 nitrogen and oxygen atoms in total. The Morgan fingerprint density at radius 1 is 1.42 bits per heavy atom. The predicted octanol–water partition coefficient (Wildman–Crippen LogP) is 1.93. The lowest BCUT2D eigenvalue weighted by molar-refractivity contribution is 0.121. The molecule has 0 bridgehead atoms. The van der Waals surface area contributed by atoms with Crippen LogP contribution in [0.2, 0.25) is 0 Å². The molecule has 1 aliphatic rings. The highest BCUT2D eigenvalue weighted by Crippen LogP contribution is 2.27. The van der Waals surface area contributed by atoms with Crippen LogP contribution in [0.5, 0.6) is 0 Å². The zero-order valence-corrected chi connectivity index (χ0v) is 12.1. The average Bonchev–Trinajstić information content (AvgIpc) is 2.85. The Morgan fingerprint density at radius 3 is 2.84 bits per heavy atom. The molecular formula is C14H24N4O. The molecular weight excluding hydrogens is 240 g/mol. The average molecular weight is 264 g/mol. The van der Waals surface area contributed by atoms with Crippen molar-refractivity contribution in [1.29, 1.82) is 0 Å². The number of hydrogen-bond acceptors (Lipinski definition) is 5. The molecule has 1 fully saturated rings. The van der Waals surface area contributed by atoms with Gasteiger partial charge in [0.05, 0.1) is 6.10 Å². The minimum absolute atomic E-state index is 0.301. The number of nitrogens with two attached hydrogens (primary N) is 1. The van der Waals surface area contributed by atoms with E-state index in [9.17, 15) is 0 Å². The molecule has 0 saturated carbocycles. The third kappa shape index (κ3) is 3.15. The van der Waals surface area contributed by atoms with Crippen LogP contribution in [0, 0.1) is 6.92 Å². The van der Waals surface area contributed by atoms with Gasteiger partial charge >= 0.3 is 0 Å². The van der Waals surface area contributed by atoms with Crippen molar-refractivity contribution >= 4 is 11.8 Å². The van der Waals surface area contributed by atoms with Gasteiger partial charge in [0.15, 0.2) is 0 Å². The molecule has 2 heterocycles. The zero-order valence-electron chi connectivity index (χ0n) is 12.1. The van der Waals surface area contributed by atoms with E-state index in [2.05, 4.69) is 21.8 Å². The molecule has 1 aromatic rings. The maximum atomic E-state index is 5.81. The van der Waals surface area contributed by atoms with Crippen LogP contribution in [0.25, 0.3) is 0 Å². The number of rotatable bonds is 5. The highest BCUT2D eigenvalue weighted by atomic mass is 16.5. The molecule has 19 heavy (non-hydrogen) atoms.